The Labute approximate surface area is 424 Å². The average molecular weight is 1070 g/mol. The van der Waals surface area contributed by atoms with Gasteiger partial charge < -0.3 is 9.05 Å². The fraction of sp³-hybridized carbons (Fsp3) is 0.115. The van der Waals surface area contributed by atoms with Crippen molar-refractivity contribution < 1.29 is 52.3 Å². The van der Waals surface area contributed by atoms with Crippen molar-refractivity contribution in [3.8, 4) is 61.7 Å². The molecule has 0 aliphatic heterocycles. The number of primary sulfonamides is 2. The summed E-state index contributed by atoms with van der Waals surface area (Å²) in [6.45, 7) is 7.09. The number of benzene rings is 6. The van der Waals surface area contributed by atoms with Gasteiger partial charge in [-0.2, -0.15) is 18.3 Å². The van der Waals surface area contributed by atoms with Gasteiger partial charge in [-0.3, -0.25) is 4.79 Å². The summed E-state index contributed by atoms with van der Waals surface area (Å²) in [6, 6.07) is 45.0. The molecule has 3 aromatic heterocycles. The lowest BCUT2D eigenvalue weighted by atomic mass is 10.00. The van der Waals surface area contributed by atoms with Crippen LogP contribution < -0.4 is 15.0 Å². The number of amides is 1. The molecule has 0 atom stereocenters. The van der Waals surface area contributed by atoms with Crippen molar-refractivity contribution in [2.24, 2.45) is 10.3 Å². The zero-order chi connectivity index (χ0) is 53.6. The Morgan fingerprint density at radius 2 is 0.973 bits per heavy atom. The second-order valence-corrected chi connectivity index (χ2v) is 21.2. The van der Waals surface area contributed by atoms with Crippen LogP contribution in [0.3, 0.4) is 0 Å². The zero-order valence-corrected chi connectivity index (χ0v) is 42.2. The summed E-state index contributed by atoms with van der Waals surface area (Å²) in [7, 11) is -11.5. The molecular formula is C52H46F3N7O9S3. The highest BCUT2D eigenvalue weighted by Gasteiger charge is 2.35. The van der Waals surface area contributed by atoms with Crippen LogP contribution in [0.4, 0.5) is 13.2 Å². The predicted molar refractivity (Wildman–Crippen MR) is 271 cm³/mol. The zero-order valence-electron chi connectivity index (χ0n) is 39.8. The molecule has 1 amide bonds. The lowest BCUT2D eigenvalue weighted by Crippen LogP contribution is -2.29. The van der Waals surface area contributed by atoms with Crippen molar-refractivity contribution in [1.29, 1.82) is 0 Å². The van der Waals surface area contributed by atoms with Gasteiger partial charge in [0.1, 0.15) is 22.9 Å². The molecule has 0 saturated heterocycles. The number of nitrogens with zero attached hydrogens (tertiary/aromatic N) is 4. The normalized spacial score (nSPS) is 11.7. The van der Waals surface area contributed by atoms with Crippen LogP contribution in [0.25, 0.3) is 61.7 Å². The molecule has 0 radical (unpaired) electrons. The first-order valence-corrected chi connectivity index (χ1v) is 26.7. The number of aryl methyl sites for hydroxylation is 3. The van der Waals surface area contributed by atoms with E-state index in [4.69, 9.17) is 19.3 Å². The minimum atomic E-state index is -4.61. The van der Waals surface area contributed by atoms with Gasteiger partial charge in [-0.15, -0.1) is 0 Å². The number of aromatic nitrogens is 4. The van der Waals surface area contributed by atoms with Crippen LogP contribution in [0, 0.1) is 20.8 Å². The third kappa shape index (κ3) is 12.8. The maximum atomic E-state index is 13.1. The number of nitrogens with one attached hydrogen (secondary N) is 1. The smallest absolute Gasteiger partial charge is 0.360 e. The van der Waals surface area contributed by atoms with Crippen LogP contribution in [0.15, 0.2) is 188 Å². The Hall–Kier alpha value is -8.02. The van der Waals surface area contributed by atoms with Crippen LogP contribution in [0.5, 0.6) is 0 Å². The SMILES string of the molecule is CCC(=O)NS(=O)(=O)c1ccc(-c2c(-c3ccccc3)noc2C)cc1.Cc1ccc(-c2cc(C(F)(F)F)nn2-c2ccc(S(N)(=O)=O)cc2)cc1.Cc1onc(-c2ccccc2)c1-c1ccc(S(N)(=O)=O)cc1. The topological polar surface area (TPSA) is 253 Å². The van der Waals surface area contributed by atoms with E-state index in [-0.39, 0.29) is 32.5 Å². The summed E-state index contributed by atoms with van der Waals surface area (Å²) in [6.07, 6.45) is -4.51. The van der Waals surface area contributed by atoms with E-state index in [2.05, 4.69) is 15.4 Å². The maximum Gasteiger partial charge on any atom is 0.435 e. The first-order chi connectivity index (χ1) is 34.9. The molecule has 0 saturated carbocycles. The molecule has 6 aromatic carbocycles. The van der Waals surface area contributed by atoms with E-state index in [1.807, 2.05) is 79.2 Å². The molecule has 0 fully saturated rings. The highest BCUT2D eigenvalue weighted by atomic mass is 32.2. The Kier molecular flexibility index (Phi) is 16.0. The standard InChI is InChI=1S/C19H18N2O4S.C17H14F3N3O2S.C16H14N2O3S/c1-3-17(22)21-26(23,24)16-11-9-14(10-12-16)18-13(2)25-20-19(18)15-7-5-4-6-8-15;1-11-2-4-12(5-3-11)15-10-16(17(18,19)20)22-23(15)13-6-8-14(9-7-13)26(21,24)25;1-11-15(12-7-9-14(10-8-12)22(17,19)20)16(18-21-11)13-5-3-2-4-6-13/h4-12H,3H2,1-2H3,(H,21,22);2-10H,1H3,(H2,21,24,25);2-10H,1H3,(H2,17,19,20). The van der Waals surface area contributed by atoms with Crippen LogP contribution in [-0.4, -0.2) is 51.3 Å². The fourth-order valence-electron chi connectivity index (χ4n) is 7.33. The van der Waals surface area contributed by atoms with E-state index in [0.29, 0.717) is 22.8 Å². The Balaban J connectivity index is 0.000000163. The molecular weight excluding hydrogens is 1020 g/mol. The van der Waals surface area contributed by atoms with E-state index in [1.54, 1.807) is 62.4 Å². The molecule has 9 aromatic rings. The van der Waals surface area contributed by atoms with Crippen molar-refractivity contribution in [2.45, 2.75) is 55.0 Å². The molecule has 0 bridgehead atoms. The number of rotatable bonds is 11. The summed E-state index contributed by atoms with van der Waals surface area (Å²) in [5.74, 6) is 0.760. The number of carbonyl (C=O) groups excluding carboxylic acids is 1. The van der Waals surface area contributed by atoms with Crippen LogP contribution in [0.1, 0.15) is 36.1 Å². The van der Waals surface area contributed by atoms with Crippen molar-refractivity contribution in [3.63, 3.8) is 0 Å². The number of sulfonamides is 3. The summed E-state index contributed by atoms with van der Waals surface area (Å²) in [5.41, 5.74) is 7.50. The lowest BCUT2D eigenvalue weighted by Gasteiger charge is -2.09. The second-order valence-electron chi connectivity index (χ2n) is 16.4. The van der Waals surface area contributed by atoms with E-state index >= 15 is 0 Å². The summed E-state index contributed by atoms with van der Waals surface area (Å²) >= 11 is 0. The van der Waals surface area contributed by atoms with Gasteiger partial charge in [0.25, 0.3) is 10.0 Å². The van der Waals surface area contributed by atoms with Gasteiger partial charge in [0.15, 0.2) is 5.69 Å². The average Bonchev–Trinajstić information content (AvgIpc) is 4.12. The first-order valence-electron chi connectivity index (χ1n) is 22.1. The quantitative estimate of drug-likeness (QED) is 0.109. The molecule has 5 N–H and O–H groups in total. The monoisotopic (exact) mass is 1070 g/mol. The minimum absolute atomic E-state index is 0.0263. The third-order valence-corrected chi connectivity index (χ3v) is 14.3. The molecule has 0 spiro atoms. The van der Waals surface area contributed by atoms with Crippen LogP contribution >= 0.6 is 0 Å². The van der Waals surface area contributed by atoms with E-state index in [9.17, 15) is 43.2 Å². The van der Waals surface area contributed by atoms with E-state index in [1.165, 1.54) is 48.5 Å². The summed E-state index contributed by atoms with van der Waals surface area (Å²) < 4.78 is 123. The highest BCUT2D eigenvalue weighted by molar-refractivity contribution is 7.90. The molecule has 0 aliphatic rings. The van der Waals surface area contributed by atoms with Gasteiger partial charge in [-0.05, 0) is 86.5 Å². The molecule has 0 unspecified atom stereocenters. The summed E-state index contributed by atoms with van der Waals surface area (Å²) in [5, 5.41) is 22.1. The molecule has 16 nitrogen and oxygen atoms in total. The van der Waals surface area contributed by atoms with Crippen LogP contribution in [-0.2, 0) is 41.0 Å². The highest BCUT2D eigenvalue weighted by Crippen LogP contribution is 2.37. The van der Waals surface area contributed by atoms with E-state index < -0.39 is 47.8 Å². The molecule has 9 rings (SSSR count). The van der Waals surface area contributed by atoms with Crippen molar-refractivity contribution in [2.75, 3.05) is 0 Å². The largest absolute Gasteiger partial charge is 0.435 e. The Morgan fingerprint density at radius 3 is 1.38 bits per heavy atom. The lowest BCUT2D eigenvalue weighted by molar-refractivity contribution is -0.141. The van der Waals surface area contributed by atoms with Crippen molar-refractivity contribution in [3.05, 3.63) is 187 Å². The van der Waals surface area contributed by atoms with Gasteiger partial charge in [-0.1, -0.05) is 132 Å². The van der Waals surface area contributed by atoms with Gasteiger partial charge in [-0.25, -0.2) is 44.9 Å². The van der Waals surface area contributed by atoms with Crippen LogP contribution in [0.2, 0.25) is 0 Å². The second kappa shape index (κ2) is 22.0. The van der Waals surface area contributed by atoms with Gasteiger partial charge in [0, 0.05) is 23.1 Å². The number of carbonyl (C=O) groups is 1. The predicted octanol–water partition coefficient (Wildman–Crippen LogP) is 10.0. The number of hydrogen-bond donors (Lipinski definition) is 3. The summed E-state index contributed by atoms with van der Waals surface area (Å²) in [4.78, 5) is 11.4. The number of nitrogens with two attached hydrogens (primary N) is 2. The number of halogens is 3. The Morgan fingerprint density at radius 1 is 0.568 bits per heavy atom. The van der Waals surface area contributed by atoms with Gasteiger partial charge >= 0.3 is 6.18 Å². The first kappa shape index (κ1) is 53.8. The maximum absolute atomic E-state index is 13.1. The van der Waals surface area contributed by atoms with Crippen molar-refractivity contribution in [1.82, 2.24) is 24.8 Å². The number of hydrogen-bond acceptors (Lipinski definition) is 12. The molecule has 74 heavy (non-hydrogen) atoms. The fourth-order valence-corrected chi connectivity index (χ4v) is 9.41. The molecule has 22 heteroatoms. The molecule has 3 heterocycles. The van der Waals surface area contributed by atoms with E-state index in [0.717, 1.165) is 55.4 Å². The van der Waals surface area contributed by atoms with Gasteiger partial charge in [0.2, 0.25) is 26.0 Å². The third-order valence-electron chi connectivity index (χ3n) is 11.1. The molecule has 0 aliphatic carbocycles. The molecule has 382 valence electrons. The van der Waals surface area contributed by atoms with Gasteiger partial charge in [0.05, 0.1) is 37.2 Å². The van der Waals surface area contributed by atoms with Crippen molar-refractivity contribution >= 4 is 36.0 Å². The Bertz CT molecular complexity index is 3760. The minimum Gasteiger partial charge on any atom is -0.360 e. The number of alkyl halides is 3.